The van der Waals surface area contributed by atoms with Crippen molar-refractivity contribution in [2.24, 2.45) is 0 Å². The molecule has 0 atom stereocenters. The van der Waals surface area contributed by atoms with Crippen molar-refractivity contribution in [3.63, 3.8) is 0 Å². The average Bonchev–Trinajstić information content (AvgIpc) is 2.62. The van der Waals surface area contributed by atoms with Crippen molar-refractivity contribution < 1.29 is 19.2 Å². The average molecular weight is 397 g/mol. The van der Waals surface area contributed by atoms with Gasteiger partial charge in [-0.05, 0) is 25.7 Å². The van der Waals surface area contributed by atoms with Crippen LogP contribution in [0.15, 0.2) is 0 Å². The van der Waals surface area contributed by atoms with Crippen molar-refractivity contribution >= 4 is 57.8 Å². The van der Waals surface area contributed by atoms with E-state index in [2.05, 4.69) is 0 Å². The van der Waals surface area contributed by atoms with Gasteiger partial charge in [-0.3, -0.25) is 29.0 Å². The number of thiocarbonyl (C=S) groups is 2. The Kier molecular flexibility index (Phi) is 7.96. The van der Waals surface area contributed by atoms with Crippen LogP contribution in [0.2, 0.25) is 0 Å². The lowest BCUT2D eigenvalue weighted by atomic mass is 10.1. The minimum Gasteiger partial charge on any atom is -0.278 e. The summed E-state index contributed by atoms with van der Waals surface area (Å²) in [5, 5.41) is 0. The Morgan fingerprint density at radius 2 is 0.923 bits per heavy atom. The highest BCUT2D eigenvalue weighted by atomic mass is 32.1. The van der Waals surface area contributed by atoms with Crippen LogP contribution in [0.5, 0.6) is 0 Å². The third-order valence-corrected chi connectivity index (χ3v) is 5.47. The summed E-state index contributed by atoms with van der Waals surface area (Å²) >= 11 is 9.96. The molecule has 2 fully saturated rings. The van der Waals surface area contributed by atoms with Gasteiger partial charge in [0.15, 0.2) is 0 Å². The van der Waals surface area contributed by atoms with Crippen LogP contribution < -0.4 is 0 Å². The summed E-state index contributed by atoms with van der Waals surface area (Å²) in [4.78, 5) is 50.5. The van der Waals surface area contributed by atoms with Crippen LogP contribution in [0.3, 0.4) is 0 Å². The molecule has 0 N–H and O–H groups in total. The van der Waals surface area contributed by atoms with E-state index in [1.807, 2.05) is 0 Å². The number of hydrogen-bond acceptors (Lipinski definition) is 6. The number of carbonyl (C=O) groups is 4. The van der Waals surface area contributed by atoms with E-state index in [0.29, 0.717) is 48.5 Å². The van der Waals surface area contributed by atoms with E-state index in [1.54, 1.807) is 0 Å². The van der Waals surface area contributed by atoms with E-state index in [4.69, 9.17) is 24.4 Å². The first-order valence-electron chi connectivity index (χ1n) is 9.17. The summed E-state index contributed by atoms with van der Waals surface area (Å²) in [5.41, 5.74) is 0. The van der Waals surface area contributed by atoms with E-state index in [-0.39, 0.29) is 23.6 Å². The highest BCUT2D eigenvalue weighted by Crippen LogP contribution is 2.15. The fourth-order valence-corrected chi connectivity index (χ4v) is 3.58. The number of likely N-dealkylation sites (tertiary alicyclic amines) is 2. The molecule has 0 aliphatic carbocycles. The Bertz CT molecular complexity index is 579. The van der Waals surface area contributed by atoms with Crippen LogP contribution in [0.4, 0.5) is 0 Å². The lowest BCUT2D eigenvalue weighted by Crippen LogP contribution is -2.45. The van der Waals surface area contributed by atoms with Gasteiger partial charge in [0.25, 0.3) is 11.8 Å². The molecular formula is C18H24N2O4S2. The summed E-state index contributed by atoms with van der Waals surface area (Å²) in [7, 11) is 0. The van der Waals surface area contributed by atoms with E-state index in [1.165, 1.54) is 9.80 Å². The van der Waals surface area contributed by atoms with Crippen LogP contribution in [-0.4, -0.2) is 56.2 Å². The molecule has 0 radical (unpaired) electrons. The van der Waals surface area contributed by atoms with Gasteiger partial charge in [0, 0.05) is 25.9 Å². The fourth-order valence-electron chi connectivity index (χ4n) is 3.15. The topological polar surface area (TPSA) is 74.8 Å². The maximum Gasteiger partial charge on any atom is 0.267 e. The molecule has 0 aromatic carbocycles. The second kappa shape index (κ2) is 9.97. The fraction of sp³-hybridized carbons (Fsp3) is 0.667. The van der Waals surface area contributed by atoms with Gasteiger partial charge in [-0.2, -0.15) is 0 Å². The first-order valence-corrected chi connectivity index (χ1v) is 9.98. The van der Waals surface area contributed by atoms with Crippen molar-refractivity contribution in [1.82, 2.24) is 9.80 Å². The smallest absolute Gasteiger partial charge is 0.267 e. The molecule has 4 amide bonds. The van der Waals surface area contributed by atoms with E-state index >= 15 is 0 Å². The van der Waals surface area contributed by atoms with Gasteiger partial charge in [0.1, 0.15) is 0 Å². The molecule has 0 bridgehead atoms. The number of hydrogen-bond donors (Lipinski definition) is 0. The molecule has 0 aromatic heterocycles. The molecule has 2 rings (SSSR count). The van der Waals surface area contributed by atoms with Gasteiger partial charge < -0.3 is 0 Å². The highest BCUT2D eigenvalue weighted by molar-refractivity contribution is 7.82. The number of rotatable bonds is 9. The molecule has 2 aliphatic heterocycles. The predicted molar refractivity (Wildman–Crippen MR) is 105 cm³/mol. The van der Waals surface area contributed by atoms with Crippen molar-refractivity contribution in [2.45, 2.75) is 64.2 Å². The minimum absolute atomic E-state index is 0.127. The largest absolute Gasteiger partial charge is 0.278 e. The van der Waals surface area contributed by atoms with Crippen LogP contribution in [-0.2, 0) is 19.2 Å². The van der Waals surface area contributed by atoms with Crippen molar-refractivity contribution in [2.75, 3.05) is 13.1 Å². The third-order valence-electron chi connectivity index (χ3n) is 4.71. The standard InChI is InChI=1S/C18H24N2O4S2/c21-15-9-7-13(25)17(23)19(15)11-5-3-1-2-4-6-12-20-16(22)10-8-14(26)18(20)24/h1-12H2. The zero-order valence-electron chi connectivity index (χ0n) is 14.8. The van der Waals surface area contributed by atoms with Crippen molar-refractivity contribution in [3.05, 3.63) is 0 Å². The van der Waals surface area contributed by atoms with Gasteiger partial charge in [0.2, 0.25) is 11.8 Å². The van der Waals surface area contributed by atoms with E-state index in [9.17, 15) is 19.2 Å². The quantitative estimate of drug-likeness (QED) is 0.338. The molecule has 26 heavy (non-hydrogen) atoms. The number of unbranched alkanes of at least 4 members (excludes halogenated alkanes) is 5. The Morgan fingerprint density at radius 1 is 0.577 bits per heavy atom. The summed E-state index contributed by atoms with van der Waals surface area (Å²) < 4.78 is 0. The van der Waals surface area contributed by atoms with E-state index in [0.717, 1.165) is 38.5 Å². The normalized spacial score (nSPS) is 18.9. The molecule has 0 spiro atoms. The molecule has 0 unspecified atom stereocenters. The summed E-state index contributed by atoms with van der Waals surface area (Å²) in [6.07, 6.45) is 6.85. The Labute approximate surface area is 164 Å². The Morgan fingerprint density at radius 3 is 1.31 bits per heavy atom. The zero-order valence-corrected chi connectivity index (χ0v) is 16.5. The van der Waals surface area contributed by atoms with Crippen LogP contribution >= 0.6 is 24.4 Å². The molecule has 0 saturated carbocycles. The zero-order chi connectivity index (χ0) is 19.1. The number of imide groups is 2. The van der Waals surface area contributed by atoms with Crippen molar-refractivity contribution in [1.29, 1.82) is 0 Å². The second-order valence-corrected chi connectivity index (χ2v) is 7.65. The minimum atomic E-state index is -0.301. The Balaban J connectivity index is 1.55. The predicted octanol–water partition coefficient (Wildman–Crippen LogP) is 2.36. The molecule has 2 heterocycles. The SMILES string of the molecule is O=C1CCC(=S)C(=O)N1CCCCCCCCN1C(=O)CCC(=S)C1=O. The van der Waals surface area contributed by atoms with Gasteiger partial charge in [0.05, 0.1) is 9.73 Å². The van der Waals surface area contributed by atoms with Gasteiger partial charge in [-0.25, -0.2) is 0 Å². The maximum absolute atomic E-state index is 11.9. The van der Waals surface area contributed by atoms with Crippen LogP contribution in [0, 0.1) is 0 Å². The maximum atomic E-state index is 11.9. The number of amides is 4. The van der Waals surface area contributed by atoms with Gasteiger partial charge in [-0.15, -0.1) is 0 Å². The van der Waals surface area contributed by atoms with Crippen molar-refractivity contribution in [3.8, 4) is 0 Å². The van der Waals surface area contributed by atoms with Crippen LogP contribution in [0.1, 0.15) is 64.2 Å². The monoisotopic (exact) mass is 396 g/mol. The second-order valence-electron chi connectivity index (χ2n) is 6.67. The highest BCUT2D eigenvalue weighted by Gasteiger charge is 2.30. The van der Waals surface area contributed by atoms with Crippen LogP contribution in [0.25, 0.3) is 0 Å². The molecule has 2 aliphatic rings. The molecule has 142 valence electrons. The first-order chi connectivity index (χ1) is 12.4. The summed E-state index contributed by atoms with van der Waals surface area (Å²) in [6, 6.07) is 0. The van der Waals surface area contributed by atoms with Gasteiger partial charge >= 0.3 is 0 Å². The van der Waals surface area contributed by atoms with Gasteiger partial charge in [-0.1, -0.05) is 50.1 Å². The molecular weight excluding hydrogens is 372 g/mol. The molecule has 6 nitrogen and oxygen atoms in total. The third kappa shape index (κ3) is 5.48. The number of nitrogens with zero attached hydrogens (tertiary/aromatic N) is 2. The lowest BCUT2D eigenvalue weighted by Gasteiger charge is -2.25. The first kappa shape index (κ1) is 20.8. The number of piperidine rings is 2. The molecule has 2 saturated heterocycles. The lowest BCUT2D eigenvalue weighted by molar-refractivity contribution is -0.143. The molecule has 8 heteroatoms. The molecule has 0 aromatic rings. The summed E-state index contributed by atoms with van der Waals surface area (Å²) in [6.45, 7) is 0.873. The number of carbonyl (C=O) groups excluding carboxylic acids is 4. The summed E-state index contributed by atoms with van der Waals surface area (Å²) in [5.74, 6) is -0.857. The Hall–Kier alpha value is -1.54. The van der Waals surface area contributed by atoms with E-state index < -0.39 is 0 Å².